The largest absolute Gasteiger partial charge is 0.376 e. The molecule has 1 aromatic carbocycles. The van der Waals surface area contributed by atoms with Crippen LogP contribution in [0.15, 0.2) is 28.7 Å². The van der Waals surface area contributed by atoms with Crippen LogP contribution in [0.2, 0.25) is 0 Å². The SMILES string of the molecule is Cc1c(C#N)c(NC(=O)CN(C)Cc2ccccc2Br)n(CC2CCCO2)c1C. The van der Waals surface area contributed by atoms with Crippen molar-refractivity contribution >= 4 is 27.7 Å². The van der Waals surface area contributed by atoms with Gasteiger partial charge in [-0.05, 0) is 50.9 Å². The summed E-state index contributed by atoms with van der Waals surface area (Å²) >= 11 is 3.55. The fourth-order valence-electron chi connectivity index (χ4n) is 3.74. The molecule has 2 heterocycles. The minimum absolute atomic E-state index is 0.126. The summed E-state index contributed by atoms with van der Waals surface area (Å²) < 4.78 is 8.81. The molecule has 1 atom stereocenters. The topological polar surface area (TPSA) is 70.3 Å². The lowest BCUT2D eigenvalue weighted by atomic mass is 10.2. The minimum Gasteiger partial charge on any atom is -0.376 e. The summed E-state index contributed by atoms with van der Waals surface area (Å²) in [6.45, 7) is 6.21. The Morgan fingerprint density at radius 2 is 2.17 bits per heavy atom. The van der Waals surface area contributed by atoms with Crippen molar-refractivity contribution < 1.29 is 9.53 Å². The first-order valence-corrected chi connectivity index (χ1v) is 10.6. The van der Waals surface area contributed by atoms with E-state index in [9.17, 15) is 10.1 Å². The van der Waals surface area contributed by atoms with Crippen LogP contribution in [-0.2, 0) is 22.6 Å². The van der Waals surface area contributed by atoms with Crippen molar-refractivity contribution in [3.05, 3.63) is 51.1 Å². The smallest absolute Gasteiger partial charge is 0.239 e. The Bertz CT molecular complexity index is 926. The van der Waals surface area contributed by atoms with Crippen LogP contribution in [0.1, 0.15) is 35.2 Å². The molecule has 2 aromatic rings. The molecule has 0 bridgehead atoms. The van der Waals surface area contributed by atoms with Gasteiger partial charge in [0.15, 0.2) is 0 Å². The van der Waals surface area contributed by atoms with Crippen LogP contribution in [0.5, 0.6) is 0 Å². The first-order chi connectivity index (χ1) is 13.9. The van der Waals surface area contributed by atoms with Crippen molar-refractivity contribution in [1.29, 1.82) is 5.26 Å². The number of halogens is 1. The third-order valence-corrected chi connectivity index (χ3v) is 6.19. The van der Waals surface area contributed by atoms with Gasteiger partial charge in [0, 0.05) is 23.3 Å². The summed E-state index contributed by atoms with van der Waals surface area (Å²) in [5.74, 6) is 0.444. The zero-order chi connectivity index (χ0) is 21.0. The lowest BCUT2D eigenvalue weighted by Crippen LogP contribution is -2.31. The number of nitrogens with one attached hydrogen (secondary N) is 1. The maximum absolute atomic E-state index is 12.8. The number of carbonyl (C=O) groups excluding carboxylic acids is 1. The molecule has 0 aliphatic carbocycles. The van der Waals surface area contributed by atoms with Crippen molar-refractivity contribution in [3.8, 4) is 6.07 Å². The second-order valence-corrected chi connectivity index (χ2v) is 8.46. The van der Waals surface area contributed by atoms with E-state index in [-0.39, 0.29) is 18.6 Å². The van der Waals surface area contributed by atoms with Crippen LogP contribution in [0.3, 0.4) is 0 Å². The Morgan fingerprint density at radius 1 is 1.41 bits per heavy atom. The van der Waals surface area contributed by atoms with Gasteiger partial charge in [0.2, 0.25) is 5.91 Å². The predicted octanol–water partition coefficient (Wildman–Crippen LogP) is 3.99. The van der Waals surface area contributed by atoms with E-state index in [0.29, 0.717) is 24.5 Å². The van der Waals surface area contributed by atoms with Crippen LogP contribution in [0, 0.1) is 25.2 Å². The molecule has 3 rings (SSSR count). The number of carbonyl (C=O) groups is 1. The van der Waals surface area contributed by atoms with Gasteiger partial charge in [-0.1, -0.05) is 34.1 Å². The van der Waals surface area contributed by atoms with Crippen LogP contribution in [0.4, 0.5) is 5.82 Å². The second-order valence-electron chi connectivity index (χ2n) is 7.60. The Balaban J connectivity index is 1.72. The number of aromatic nitrogens is 1. The van der Waals surface area contributed by atoms with Gasteiger partial charge < -0.3 is 14.6 Å². The third kappa shape index (κ3) is 5.08. The molecule has 6 nitrogen and oxygen atoms in total. The van der Waals surface area contributed by atoms with Gasteiger partial charge >= 0.3 is 0 Å². The highest BCUT2D eigenvalue weighted by atomic mass is 79.9. The van der Waals surface area contributed by atoms with Crippen LogP contribution < -0.4 is 5.32 Å². The lowest BCUT2D eigenvalue weighted by molar-refractivity contribution is -0.117. The molecule has 1 aliphatic heterocycles. The number of hydrogen-bond donors (Lipinski definition) is 1. The van der Waals surface area contributed by atoms with E-state index in [4.69, 9.17) is 4.74 Å². The molecule has 7 heteroatoms. The lowest BCUT2D eigenvalue weighted by Gasteiger charge is -2.19. The predicted molar refractivity (Wildman–Crippen MR) is 117 cm³/mol. The molecule has 1 aliphatic rings. The van der Waals surface area contributed by atoms with Gasteiger partial charge in [-0.3, -0.25) is 9.69 Å². The normalized spacial score (nSPS) is 16.2. The number of anilines is 1. The van der Waals surface area contributed by atoms with Crippen LogP contribution >= 0.6 is 15.9 Å². The quantitative estimate of drug-likeness (QED) is 0.680. The fourth-order valence-corrected chi connectivity index (χ4v) is 4.15. The molecule has 1 saturated heterocycles. The Kier molecular flexibility index (Phi) is 7.12. The first kappa shape index (κ1) is 21.6. The molecule has 1 fully saturated rings. The Hall–Kier alpha value is -2.14. The monoisotopic (exact) mass is 458 g/mol. The summed E-state index contributed by atoms with van der Waals surface area (Å²) in [5.41, 5.74) is 3.55. The van der Waals surface area contributed by atoms with Crippen molar-refractivity contribution in [1.82, 2.24) is 9.47 Å². The number of nitriles is 1. The van der Waals surface area contributed by atoms with Crippen molar-refractivity contribution in [2.75, 3.05) is 25.5 Å². The summed E-state index contributed by atoms with van der Waals surface area (Å²) in [4.78, 5) is 14.7. The molecule has 0 saturated carbocycles. The summed E-state index contributed by atoms with van der Waals surface area (Å²) in [5, 5.41) is 12.6. The van der Waals surface area contributed by atoms with Gasteiger partial charge in [0.25, 0.3) is 0 Å². The standard InChI is InChI=1S/C22H27BrN4O2/c1-15-16(2)27(13-18-8-6-10-29-18)22(19(15)11-24)25-21(28)14-26(3)12-17-7-4-5-9-20(17)23/h4-5,7,9,18H,6,8,10,12-14H2,1-3H3,(H,25,28). The van der Waals surface area contributed by atoms with E-state index in [0.717, 1.165) is 40.7 Å². The number of ether oxygens (including phenoxy) is 1. The average Bonchev–Trinajstić information content (AvgIpc) is 3.26. The van der Waals surface area contributed by atoms with Gasteiger partial charge in [-0.25, -0.2) is 0 Å². The highest BCUT2D eigenvalue weighted by Crippen LogP contribution is 2.28. The zero-order valence-electron chi connectivity index (χ0n) is 17.2. The first-order valence-electron chi connectivity index (χ1n) is 9.84. The maximum atomic E-state index is 12.8. The number of rotatable bonds is 7. The molecule has 1 unspecified atom stereocenters. The second kappa shape index (κ2) is 9.57. The summed E-state index contributed by atoms with van der Waals surface area (Å²) in [6, 6.07) is 10.2. The highest BCUT2D eigenvalue weighted by Gasteiger charge is 2.24. The van der Waals surface area contributed by atoms with E-state index in [1.165, 1.54) is 0 Å². The molecule has 1 aromatic heterocycles. The molecule has 1 N–H and O–H groups in total. The Morgan fingerprint density at radius 3 is 2.83 bits per heavy atom. The maximum Gasteiger partial charge on any atom is 0.239 e. The van der Waals surface area contributed by atoms with Crippen molar-refractivity contribution in [2.24, 2.45) is 0 Å². The number of benzene rings is 1. The van der Waals surface area contributed by atoms with Crippen molar-refractivity contribution in [2.45, 2.75) is 45.9 Å². The van der Waals surface area contributed by atoms with E-state index in [2.05, 4.69) is 27.3 Å². The molecule has 29 heavy (non-hydrogen) atoms. The average molecular weight is 459 g/mol. The molecular formula is C22H27BrN4O2. The van der Waals surface area contributed by atoms with Gasteiger partial charge in [0.1, 0.15) is 11.9 Å². The molecular weight excluding hydrogens is 432 g/mol. The van der Waals surface area contributed by atoms with Gasteiger partial charge in [-0.15, -0.1) is 0 Å². The number of likely N-dealkylation sites (N-methyl/N-ethyl adjacent to an activating group) is 1. The minimum atomic E-state index is -0.137. The number of nitrogens with zero attached hydrogens (tertiary/aromatic N) is 3. The molecule has 0 radical (unpaired) electrons. The third-order valence-electron chi connectivity index (χ3n) is 5.42. The zero-order valence-corrected chi connectivity index (χ0v) is 18.8. The van der Waals surface area contributed by atoms with E-state index < -0.39 is 0 Å². The van der Waals surface area contributed by atoms with Gasteiger partial charge in [-0.2, -0.15) is 5.26 Å². The molecule has 154 valence electrons. The molecule has 0 spiro atoms. The highest BCUT2D eigenvalue weighted by molar-refractivity contribution is 9.10. The van der Waals surface area contributed by atoms with Gasteiger partial charge in [0.05, 0.1) is 24.8 Å². The Labute approximate surface area is 180 Å². The van der Waals surface area contributed by atoms with Crippen LogP contribution in [0.25, 0.3) is 0 Å². The number of amides is 1. The van der Waals surface area contributed by atoms with Crippen LogP contribution in [-0.4, -0.2) is 41.7 Å². The van der Waals surface area contributed by atoms with E-state index in [1.54, 1.807) is 0 Å². The van der Waals surface area contributed by atoms with E-state index >= 15 is 0 Å². The summed E-state index contributed by atoms with van der Waals surface area (Å²) in [6.07, 6.45) is 2.18. The van der Waals surface area contributed by atoms with Crippen molar-refractivity contribution in [3.63, 3.8) is 0 Å². The molecule has 1 amide bonds. The summed E-state index contributed by atoms with van der Waals surface area (Å²) in [7, 11) is 1.91. The number of hydrogen-bond acceptors (Lipinski definition) is 4. The van der Waals surface area contributed by atoms with E-state index in [1.807, 2.05) is 54.6 Å². The fraction of sp³-hybridized carbons (Fsp3) is 0.455.